The van der Waals surface area contributed by atoms with Crippen LogP contribution in [0.2, 0.25) is 0 Å². The predicted molar refractivity (Wildman–Crippen MR) is 103 cm³/mol. The molecule has 0 aromatic carbocycles. The monoisotopic (exact) mass is 361 g/mol. The highest BCUT2D eigenvalue weighted by molar-refractivity contribution is 7.18. The van der Waals surface area contributed by atoms with Gasteiger partial charge in [-0.25, -0.2) is 9.97 Å². The summed E-state index contributed by atoms with van der Waals surface area (Å²) in [4.78, 5) is 18.9. The van der Waals surface area contributed by atoms with E-state index >= 15 is 0 Å². The van der Waals surface area contributed by atoms with Crippen molar-refractivity contribution in [2.24, 2.45) is 0 Å². The Bertz CT molecular complexity index is 713. The van der Waals surface area contributed by atoms with Crippen molar-refractivity contribution in [1.82, 2.24) is 19.8 Å². The normalized spacial score (nSPS) is 23.4. The van der Waals surface area contributed by atoms with Crippen LogP contribution in [0.4, 0.5) is 5.82 Å². The zero-order valence-electron chi connectivity index (χ0n) is 15.1. The van der Waals surface area contributed by atoms with E-state index in [1.165, 1.54) is 10.3 Å². The first-order chi connectivity index (χ1) is 12.2. The molecule has 0 aliphatic carbocycles. The smallest absolute Gasteiger partial charge is 0.140 e. The second-order valence-electron chi connectivity index (χ2n) is 7.03. The number of hydrogen-bond donors (Lipinski definition) is 0. The van der Waals surface area contributed by atoms with Crippen LogP contribution in [0.25, 0.3) is 10.2 Å². The summed E-state index contributed by atoms with van der Waals surface area (Å²) in [7, 11) is 2.20. The molecule has 0 N–H and O–H groups in total. The van der Waals surface area contributed by atoms with Crippen molar-refractivity contribution in [1.29, 1.82) is 0 Å². The van der Waals surface area contributed by atoms with Crippen LogP contribution in [0.1, 0.15) is 11.8 Å². The molecule has 4 rings (SSSR count). The maximum atomic E-state index is 6.06. The molecule has 2 aliphatic rings. The minimum absolute atomic E-state index is 0.256. The summed E-state index contributed by atoms with van der Waals surface area (Å²) >= 11 is 1.78. The van der Waals surface area contributed by atoms with Crippen LogP contribution in [0, 0.1) is 0 Å². The number of ether oxygens (including phenoxy) is 1. The van der Waals surface area contributed by atoms with Crippen molar-refractivity contribution in [3.05, 3.63) is 17.3 Å². The first-order valence-electron chi connectivity index (χ1n) is 9.24. The van der Waals surface area contributed by atoms with Gasteiger partial charge in [-0.2, -0.15) is 0 Å². The number of thiophene rings is 1. The van der Waals surface area contributed by atoms with Gasteiger partial charge in [0.2, 0.25) is 0 Å². The van der Waals surface area contributed by atoms with Crippen molar-refractivity contribution in [2.45, 2.75) is 19.4 Å². The summed E-state index contributed by atoms with van der Waals surface area (Å²) in [6, 6.07) is 2.26. The molecule has 1 unspecified atom stereocenters. The Kier molecular flexibility index (Phi) is 5.17. The third kappa shape index (κ3) is 3.79. The van der Waals surface area contributed by atoms with Gasteiger partial charge in [-0.3, -0.25) is 4.90 Å². The molecule has 0 amide bonds. The SMILES string of the molecule is CCc1cc2c(N3CCOC(CN4CCN(C)CC4)C3)ncnc2s1. The Balaban J connectivity index is 1.47. The minimum atomic E-state index is 0.256. The molecule has 1 atom stereocenters. The third-order valence-electron chi connectivity index (χ3n) is 5.20. The number of hydrogen-bond acceptors (Lipinski definition) is 7. The molecule has 2 aliphatic heterocycles. The van der Waals surface area contributed by atoms with Gasteiger partial charge >= 0.3 is 0 Å². The van der Waals surface area contributed by atoms with E-state index in [9.17, 15) is 0 Å². The minimum Gasteiger partial charge on any atom is -0.373 e. The summed E-state index contributed by atoms with van der Waals surface area (Å²) in [6.07, 6.45) is 3.01. The molecule has 0 radical (unpaired) electrons. The standard InChI is InChI=1S/C18H27N5OS/c1-3-15-10-16-17(19-13-20-18(16)25-15)23-8-9-24-14(12-23)11-22-6-4-21(2)5-7-22/h10,13-14H,3-9,11-12H2,1-2H3. The Morgan fingerprint density at radius 3 is 2.84 bits per heavy atom. The van der Waals surface area contributed by atoms with Gasteiger partial charge in [-0.1, -0.05) is 6.92 Å². The summed E-state index contributed by atoms with van der Waals surface area (Å²) in [5.74, 6) is 1.08. The molecule has 2 saturated heterocycles. The summed E-state index contributed by atoms with van der Waals surface area (Å²) in [5, 5.41) is 1.20. The lowest BCUT2D eigenvalue weighted by Gasteiger charge is -2.38. The Hall–Kier alpha value is -1.28. The number of likely N-dealkylation sites (N-methyl/N-ethyl adjacent to an activating group) is 1. The Labute approximate surface area is 153 Å². The molecule has 2 aromatic rings. The predicted octanol–water partition coefficient (Wildman–Crippen LogP) is 1.71. The van der Waals surface area contributed by atoms with Gasteiger partial charge in [0, 0.05) is 50.7 Å². The van der Waals surface area contributed by atoms with E-state index in [4.69, 9.17) is 4.74 Å². The van der Waals surface area contributed by atoms with E-state index in [0.29, 0.717) is 0 Å². The quantitative estimate of drug-likeness (QED) is 0.826. The maximum Gasteiger partial charge on any atom is 0.140 e. The van der Waals surface area contributed by atoms with E-state index in [1.54, 1.807) is 17.7 Å². The molecular formula is C18H27N5OS. The molecule has 136 valence electrons. The number of aromatic nitrogens is 2. The van der Waals surface area contributed by atoms with Gasteiger partial charge in [-0.15, -0.1) is 11.3 Å². The highest BCUT2D eigenvalue weighted by Gasteiger charge is 2.26. The van der Waals surface area contributed by atoms with Crippen LogP contribution in [0.15, 0.2) is 12.4 Å². The van der Waals surface area contributed by atoms with E-state index in [1.807, 2.05) is 0 Å². The van der Waals surface area contributed by atoms with Crippen molar-refractivity contribution < 1.29 is 4.74 Å². The fourth-order valence-electron chi connectivity index (χ4n) is 3.66. The number of fused-ring (bicyclic) bond motifs is 1. The fraction of sp³-hybridized carbons (Fsp3) is 0.667. The van der Waals surface area contributed by atoms with Crippen LogP contribution in [0.5, 0.6) is 0 Å². The molecule has 25 heavy (non-hydrogen) atoms. The molecule has 0 bridgehead atoms. The maximum absolute atomic E-state index is 6.06. The average molecular weight is 362 g/mol. The van der Waals surface area contributed by atoms with Gasteiger partial charge in [0.1, 0.15) is 17.0 Å². The van der Waals surface area contributed by atoms with Gasteiger partial charge in [0.15, 0.2) is 0 Å². The van der Waals surface area contributed by atoms with Gasteiger partial charge < -0.3 is 14.5 Å². The molecule has 6 nitrogen and oxygen atoms in total. The Morgan fingerprint density at radius 1 is 1.20 bits per heavy atom. The lowest BCUT2D eigenvalue weighted by atomic mass is 10.2. The number of aryl methyl sites for hydroxylation is 1. The first kappa shape index (κ1) is 17.1. The third-order valence-corrected chi connectivity index (χ3v) is 6.39. The molecule has 0 saturated carbocycles. The highest BCUT2D eigenvalue weighted by atomic mass is 32.1. The van der Waals surface area contributed by atoms with Crippen molar-refractivity contribution in [3.63, 3.8) is 0 Å². The first-order valence-corrected chi connectivity index (χ1v) is 10.1. The fourth-order valence-corrected chi connectivity index (χ4v) is 4.59. The average Bonchev–Trinajstić information content (AvgIpc) is 3.07. The topological polar surface area (TPSA) is 44.7 Å². The van der Waals surface area contributed by atoms with Gasteiger partial charge in [0.05, 0.1) is 18.1 Å². The summed E-state index contributed by atoms with van der Waals surface area (Å²) in [6.45, 7) is 10.4. The van der Waals surface area contributed by atoms with Crippen LogP contribution in [-0.4, -0.2) is 85.3 Å². The molecule has 0 spiro atoms. The van der Waals surface area contributed by atoms with Crippen LogP contribution in [0.3, 0.4) is 0 Å². The van der Waals surface area contributed by atoms with Crippen molar-refractivity contribution in [2.75, 3.05) is 64.4 Å². The van der Waals surface area contributed by atoms with Crippen LogP contribution in [-0.2, 0) is 11.2 Å². The summed E-state index contributed by atoms with van der Waals surface area (Å²) < 4.78 is 6.06. The molecule has 7 heteroatoms. The summed E-state index contributed by atoms with van der Waals surface area (Å²) in [5.41, 5.74) is 0. The molecule has 2 aromatic heterocycles. The Morgan fingerprint density at radius 2 is 2.04 bits per heavy atom. The van der Waals surface area contributed by atoms with Gasteiger partial charge in [-0.05, 0) is 19.5 Å². The van der Waals surface area contributed by atoms with Gasteiger partial charge in [0.25, 0.3) is 0 Å². The van der Waals surface area contributed by atoms with Crippen LogP contribution < -0.4 is 4.90 Å². The zero-order chi connectivity index (χ0) is 17.2. The number of rotatable bonds is 4. The number of piperazine rings is 1. The van der Waals surface area contributed by atoms with E-state index < -0.39 is 0 Å². The lowest BCUT2D eigenvalue weighted by Crippen LogP contribution is -2.52. The second kappa shape index (κ2) is 7.53. The lowest BCUT2D eigenvalue weighted by molar-refractivity contribution is 0.00669. The van der Waals surface area contributed by atoms with E-state index in [2.05, 4.69) is 44.7 Å². The molecular weight excluding hydrogens is 334 g/mol. The largest absolute Gasteiger partial charge is 0.373 e. The van der Waals surface area contributed by atoms with Crippen LogP contribution >= 0.6 is 11.3 Å². The van der Waals surface area contributed by atoms with E-state index in [0.717, 1.165) is 69.5 Å². The molecule has 4 heterocycles. The van der Waals surface area contributed by atoms with E-state index in [-0.39, 0.29) is 6.10 Å². The highest BCUT2D eigenvalue weighted by Crippen LogP contribution is 2.31. The second-order valence-corrected chi connectivity index (χ2v) is 8.14. The molecule has 2 fully saturated rings. The van der Waals surface area contributed by atoms with Crippen molar-refractivity contribution >= 4 is 27.4 Å². The number of morpholine rings is 1. The number of nitrogens with zero attached hydrogens (tertiary/aromatic N) is 5. The zero-order valence-corrected chi connectivity index (χ0v) is 16.0. The number of anilines is 1. The van der Waals surface area contributed by atoms with Crippen molar-refractivity contribution in [3.8, 4) is 0 Å².